The largest absolute Gasteiger partial charge is 0.389 e. The quantitative estimate of drug-likeness (QED) is 0.778. The number of unbranched alkanes of at least 4 members (excludes halogenated alkanes) is 1. The lowest BCUT2D eigenvalue weighted by Gasteiger charge is -2.23. The molecule has 1 aliphatic rings. The molecule has 1 unspecified atom stereocenters. The second-order valence-electron chi connectivity index (χ2n) is 5.69. The molecule has 112 valence electrons. The average Bonchev–Trinajstić information content (AvgIpc) is 2.65. The maximum Gasteiger partial charge on any atom is 0.0900 e. The van der Waals surface area contributed by atoms with Crippen molar-refractivity contribution in [1.29, 1.82) is 0 Å². The molecule has 0 amide bonds. The van der Waals surface area contributed by atoms with Gasteiger partial charge in [-0.1, -0.05) is 37.6 Å². The predicted molar refractivity (Wildman–Crippen MR) is 81.8 cm³/mol. The van der Waals surface area contributed by atoms with Gasteiger partial charge in [0.05, 0.1) is 12.7 Å². The first-order chi connectivity index (χ1) is 9.79. The van der Waals surface area contributed by atoms with E-state index in [1.54, 1.807) is 0 Å². The minimum Gasteiger partial charge on any atom is -0.389 e. The van der Waals surface area contributed by atoms with Gasteiger partial charge >= 0.3 is 0 Å². The molecule has 20 heavy (non-hydrogen) atoms. The summed E-state index contributed by atoms with van der Waals surface area (Å²) in [5, 5.41) is 10.1. The van der Waals surface area contributed by atoms with Crippen LogP contribution in [0.5, 0.6) is 0 Å². The second-order valence-corrected chi connectivity index (χ2v) is 5.69. The number of aryl methyl sites for hydroxylation is 1. The Morgan fingerprint density at radius 2 is 2.10 bits per heavy atom. The summed E-state index contributed by atoms with van der Waals surface area (Å²) in [6, 6.07) is 8.65. The highest BCUT2D eigenvalue weighted by atomic mass is 16.5. The summed E-state index contributed by atoms with van der Waals surface area (Å²) < 4.78 is 5.50. The van der Waals surface area contributed by atoms with E-state index in [0.717, 1.165) is 39.0 Å². The number of ether oxygens (including phenoxy) is 1. The number of aliphatic hydroxyl groups is 1. The Balaban J connectivity index is 1.78. The topological polar surface area (TPSA) is 32.7 Å². The summed E-state index contributed by atoms with van der Waals surface area (Å²) in [5.74, 6) is 0. The molecule has 1 aromatic carbocycles. The molecule has 1 heterocycles. The highest BCUT2D eigenvalue weighted by Gasteiger charge is 2.16. The minimum absolute atomic E-state index is 0.378. The molecule has 2 rings (SSSR count). The van der Waals surface area contributed by atoms with Crippen LogP contribution in [0.15, 0.2) is 24.3 Å². The van der Waals surface area contributed by atoms with Crippen LogP contribution in [0.4, 0.5) is 0 Å². The molecule has 1 N–H and O–H groups in total. The summed E-state index contributed by atoms with van der Waals surface area (Å²) >= 11 is 0. The zero-order valence-corrected chi connectivity index (χ0v) is 12.6. The molecule has 3 nitrogen and oxygen atoms in total. The van der Waals surface area contributed by atoms with Crippen molar-refractivity contribution in [2.45, 2.75) is 45.3 Å². The molecule has 0 aliphatic carbocycles. The number of benzene rings is 1. The van der Waals surface area contributed by atoms with Crippen LogP contribution in [-0.4, -0.2) is 42.4 Å². The van der Waals surface area contributed by atoms with Crippen molar-refractivity contribution in [3.8, 4) is 0 Å². The van der Waals surface area contributed by atoms with Gasteiger partial charge in [0.1, 0.15) is 0 Å². The molecule has 0 aromatic heterocycles. The zero-order chi connectivity index (χ0) is 14.2. The molecule has 0 bridgehead atoms. The van der Waals surface area contributed by atoms with Gasteiger partial charge in [-0.15, -0.1) is 0 Å². The molecule has 1 atom stereocenters. The first-order valence-electron chi connectivity index (χ1n) is 7.84. The number of fused-ring (bicyclic) bond motifs is 1. The van der Waals surface area contributed by atoms with Crippen LogP contribution < -0.4 is 0 Å². The number of hydrogen-bond donors (Lipinski definition) is 1. The van der Waals surface area contributed by atoms with Gasteiger partial charge in [-0.3, -0.25) is 4.90 Å². The predicted octanol–water partition coefficient (Wildman–Crippen LogP) is 2.61. The van der Waals surface area contributed by atoms with E-state index in [4.69, 9.17) is 4.74 Å². The monoisotopic (exact) mass is 277 g/mol. The number of β-amino-alcohol motifs (C(OH)–C–C–N with tert-alkyl or cyclic N) is 1. The van der Waals surface area contributed by atoms with Crippen molar-refractivity contribution in [1.82, 2.24) is 4.90 Å². The number of aliphatic hydroxyl groups excluding tert-OH is 1. The normalized spacial score (nSPS) is 17.5. The van der Waals surface area contributed by atoms with Crippen molar-refractivity contribution in [2.24, 2.45) is 0 Å². The number of rotatable bonds is 7. The second kappa shape index (κ2) is 8.40. The lowest BCUT2D eigenvalue weighted by molar-refractivity contribution is 0.0146. The van der Waals surface area contributed by atoms with E-state index in [-0.39, 0.29) is 6.10 Å². The molecular weight excluding hydrogens is 250 g/mol. The van der Waals surface area contributed by atoms with E-state index in [1.165, 1.54) is 17.5 Å². The average molecular weight is 277 g/mol. The van der Waals surface area contributed by atoms with Crippen LogP contribution in [0, 0.1) is 0 Å². The fourth-order valence-corrected chi connectivity index (χ4v) is 2.74. The van der Waals surface area contributed by atoms with E-state index in [2.05, 4.69) is 36.1 Å². The van der Waals surface area contributed by atoms with Gasteiger partial charge in [0.2, 0.25) is 0 Å². The summed E-state index contributed by atoms with van der Waals surface area (Å²) in [6.07, 6.45) is 4.15. The number of hydrogen-bond acceptors (Lipinski definition) is 3. The maximum atomic E-state index is 10.1. The Hall–Kier alpha value is -0.900. The smallest absolute Gasteiger partial charge is 0.0900 e. The summed E-state index contributed by atoms with van der Waals surface area (Å²) in [6.45, 7) is 6.08. The first kappa shape index (κ1) is 15.5. The van der Waals surface area contributed by atoms with Gasteiger partial charge in [-0.05, 0) is 36.9 Å². The van der Waals surface area contributed by atoms with Crippen LogP contribution in [0.3, 0.4) is 0 Å². The Kier molecular flexibility index (Phi) is 6.51. The SMILES string of the molecule is CCCCOCC(O)CN1CCCc2ccccc2C1. The summed E-state index contributed by atoms with van der Waals surface area (Å²) in [5.41, 5.74) is 2.87. The molecule has 0 spiro atoms. The van der Waals surface area contributed by atoms with Gasteiger partial charge in [-0.25, -0.2) is 0 Å². The molecule has 1 aliphatic heterocycles. The molecular formula is C17H27NO2. The summed E-state index contributed by atoms with van der Waals surface area (Å²) in [4.78, 5) is 2.35. The van der Waals surface area contributed by atoms with E-state index < -0.39 is 0 Å². The van der Waals surface area contributed by atoms with Gasteiger partial charge in [0.15, 0.2) is 0 Å². The highest BCUT2D eigenvalue weighted by molar-refractivity contribution is 5.27. The Labute approximate surface area is 122 Å². The highest BCUT2D eigenvalue weighted by Crippen LogP contribution is 2.18. The number of nitrogens with zero attached hydrogens (tertiary/aromatic N) is 1. The third-order valence-electron chi connectivity index (χ3n) is 3.85. The Morgan fingerprint density at radius 3 is 2.90 bits per heavy atom. The van der Waals surface area contributed by atoms with Gasteiger partial charge in [-0.2, -0.15) is 0 Å². The van der Waals surface area contributed by atoms with E-state index in [1.807, 2.05) is 0 Å². The standard InChI is InChI=1S/C17H27NO2/c1-2-3-11-20-14-17(19)13-18-10-6-9-15-7-4-5-8-16(15)12-18/h4-5,7-8,17,19H,2-3,6,9-14H2,1H3. The molecule has 0 fully saturated rings. The third kappa shape index (κ3) is 4.89. The third-order valence-corrected chi connectivity index (χ3v) is 3.85. The first-order valence-corrected chi connectivity index (χ1v) is 7.84. The van der Waals surface area contributed by atoms with Crippen molar-refractivity contribution >= 4 is 0 Å². The lowest BCUT2D eigenvalue weighted by Crippen LogP contribution is -2.34. The van der Waals surface area contributed by atoms with Gasteiger partial charge in [0.25, 0.3) is 0 Å². The lowest BCUT2D eigenvalue weighted by atomic mass is 10.0. The fourth-order valence-electron chi connectivity index (χ4n) is 2.74. The molecule has 1 aromatic rings. The van der Waals surface area contributed by atoms with Gasteiger partial charge < -0.3 is 9.84 Å². The molecule has 0 radical (unpaired) electrons. The fraction of sp³-hybridized carbons (Fsp3) is 0.647. The van der Waals surface area contributed by atoms with Gasteiger partial charge in [0, 0.05) is 19.7 Å². The van der Waals surface area contributed by atoms with E-state index >= 15 is 0 Å². The molecule has 0 saturated heterocycles. The van der Waals surface area contributed by atoms with E-state index in [9.17, 15) is 5.11 Å². The van der Waals surface area contributed by atoms with Crippen LogP contribution >= 0.6 is 0 Å². The van der Waals surface area contributed by atoms with Crippen LogP contribution in [0.25, 0.3) is 0 Å². The minimum atomic E-state index is -0.378. The Morgan fingerprint density at radius 1 is 1.30 bits per heavy atom. The van der Waals surface area contributed by atoms with Crippen molar-refractivity contribution in [3.05, 3.63) is 35.4 Å². The maximum absolute atomic E-state index is 10.1. The molecule has 0 saturated carbocycles. The van der Waals surface area contributed by atoms with Crippen molar-refractivity contribution in [3.63, 3.8) is 0 Å². The van der Waals surface area contributed by atoms with Crippen LogP contribution in [-0.2, 0) is 17.7 Å². The van der Waals surface area contributed by atoms with E-state index in [0.29, 0.717) is 13.2 Å². The zero-order valence-electron chi connectivity index (χ0n) is 12.6. The molecule has 3 heteroatoms. The van der Waals surface area contributed by atoms with Crippen molar-refractivity contribution in [2.75, 3.05) is 26.3 Å². The van der Waals surface area contributed by atoms with Crippen LogP contribution in [0.1, 0.15) is 37.3 Å². The van der Waals surface area contributed by atoms with Crippen LogP contribution in [0.2, 0.25) is 0 Å². The summed E-state index contributed by atoms with van der Waals surface area (Å²) in [7, 11) is 0. The van der Waals surface area contributed by atoms with Crippen molar-refractivity contribution < 1.29 is 9.84 Å². The Bertz CT molecular complexity index is 394.